The normalized spacial score (nSPS) is 15.5. The van der Waals surface area contributed by atoms with Gasteiger partial charge in [-0.2, -0.15) is 18.3 Å². The Bertz CT molecular complexity index is 1070. The number of benzene rings is 1. The van der Waals surface area contributed by atoms with Crippen LogP contribution in [0, 0.1) is 4.77 Å². The lowest BCUT2D eigenvalue weighted by Gasteiger charge is -2.35. The van der Waals surface area contributed by atoms with Gasteiger partial charge >= 0.3 is 6.18 Å². The van der Waals surface area contributed by atoms with E-state index in [0.29, 0.717) is 43.3 Å². The van der Waals surface area contributed by atoms with Gasteiger partial charge in [0.1, 0.15) is 11.6 Å². The Morgan fingerprint density at radius 2 is 1.80 bits per heavy atom. The van der Waals surface area contributed by atoms with Crippen LogP contribution < -0.4 is 4.90 Å². The van der Waals surface area contributed by atoms with Crippen molar-refractivity contribution in [3.8, 4) is 5.69 Å². The van der Waals surface area contributed by atoms with Crippen molar-refractivity contribution in [1.82, 2.24) is 24.6 Å². The van der Waals surface area contributed by atoms with Crippen LogP contribution in [0.1, 0.15) is 11.4 Å². The number of H-pyrrole nitrogens is 1. The Balaban J connectivity index is 1.44. The van der Waals surface area contributed by atoms with E-state index in [1.165, 1.54) is 0 Å². The maximum absolute atomic E-state index is 12.8. The summed E-state index contributed by atoms with van der Waals surface area (Å²) < 4.78 is 40.9. The van der Waals surface area contributed by atoms with E-state index in [-0.39, 0.29) is 5.02 Å². The molecule has 1 fully saturated rings. The zero-order chi connectivity index (χ0) is 21.3. The van der Waals surface area contributed by atoms with Crippen molar-refractivity contribution in [1.29, 1.82) is 0 Å². The van der Waals surface area contributed by atoms with Crippen molar-refractivity contribution in [2.75, 3.05) is 31.1 Å². The molecule has 0 amide bonds. The number of pyridine rings is 1. The summed E-state index contributed by atoms with van der Waals surface area (Å²) in [6.07, 6.45) is -3.64. The third-order valence-electron chi connectivity index (χ3n) is 4.94. The Kier molecular flexibility index (Phi) is 5.81. The summed E-state index contributed by atoms with van der Waals surface area (Å²) >= 11 is 11.5. The number of piperazine rings is 1. The number of anilines is 1. The van der Waals surface area contributed by atoms with Gasteiger partial charge < -0.3 is 4.90 Å². The molecule has 6 nitrogen and oxygen atoms in total. The smallest absolute Gasteiger partial charge is 0.353 e. The molecule has 0 spiro atoms. The van der Waals surface area contributed by atoms with Crippen molar-refractivity contribution in [3.63, 3.8) is 0 Å². The van der Waals surface area contributed by atoms with Gasteiger partial charge in [0.25, 0.3) is 0 Å². The fourth-order valence-corrected chi connectivity index (χ4v) is 3.96. The average molecular weight is 455 g/mol. The first-order valence-electron chi connectivity index (χ1n) is 9.24. The molecular formula is C19H18ClF3N6S. The predicted octanol–water partition coefficient (Wildman–Crippen LogP) is 4.32. The summed E-state index contributed by atoms with van der Waals surface area (Å²) in [5.74, 6) is 1.17. The third-order valence-corrected chi connectivity index (χ3v) is 5.49. The van der Waals surface area contributed by atoms with Gasteiger partial charge in [-0.15, -0.1) is 0 Å². The summed E-state index contributed by atoms with van der Waals surface area (Å²) in [6, 6.07) is 10.7. The van der Waals surface area contributed by atoms with Crippen LogP contribution in [0.25, 0.3) is 5.69 Å². The first-order chi connectivity index (χ1) is 14.3. The van der Waals surface area contributed by atoms with Gasteiger partial charge in [0, 0.05) is 38.1 Å². The number of para-hydroxylation sites is 1. The van der Waals surface area contributed by atoms with Crippen LogP contribution in [0.2, 0.25) is 5.02 Å². The second kappa shape index (κ2) is 8.37. The van der Waals surface area contributed by atoms with Crippen LogP contribution in [-0.4, -0.2) is 50.8 Å². The number of nitrogens with one attached hydrogen (secondary N) is 1. The summed E-state index contributed by atoms with van der Waals surface area (Å²) in [5.41, 5.74) is 0.0872. The number of rotatable bonds is 4. The van der Waals surface area contributed by atoms with Crippen molar-refractivity contribution >= 4 is 29.6 Å². The zero-order valence-corrected chi connectivity index (χ0v) is 17.3. The van der Waals surface area contributed by atoms with E-state index in [2.05, 4.69) is 20.1 Å². The molecule has 0 atom stereocenters. The molecule has 1 saturated heterocycles. The third kappa shape index (κ3) is 4.35. The number of nitrogens with zero attached hydrogens (tertiary/aromatic N) is 5. The molecule has 4 rings (SSSR count). The minimum Gasteiger partial charge on any atom is -0.353 e. The first kappa shape index (κ1) is 20.8. The van der Waals surface area contributed by atoms with Crippen LogP contribution in [0.15, 0.2) is 42.6 Å². The van der Waals surface area contributed by atoms with Crippen LogP contribution in [0.5, 0.6) is 0 Å². The molecule has 11 heteroatoms. The van der Waals surface area contributed by atoms with Gasteiger partial charge in [-0.3, -0.25) is 14.6 Å². The maximum atomic E-state index is 12.8. The van der Waals surface area contributed by atoms with Crippen molar-refractivity contribution in [2.24, 2.45) is 0 Å². The monoisotopic (exact) mass is 454 g/mol. The summed E-state index contributed by atoms with van der Waals surface area (Å²) in [5, 5.41) is 7.21. The molecule has 0 unspecified atom stereocenters. The highest BCUT2D eigenvalue weighted by atomic mass is 35.5. The molecule has 0 saturated carbocycles. The van der Waals surface area contributed by atoms with Gasteiger partial charge in [0.05, 0.1) is 17.1 Å². The summed E-state index contributed by atoms with van der Waals surface area (Å²) in [7, 11) is 0. The number of hydrogen-bond acceptors (Lipinski definition) is 5. The van der Waals surface area contributed by atoms with Gasteiger partial charge in [0.15, 0.2) is 4.77 Å². The van der Waals surface area contributed by atoms with Gasteiger partial charge in [-0.1, -0.05) is 29.8 Å². The minimum atomic E-state index is -4.46. The molecule has 158 valence electrons. The standard InChI is InChI=1S/C19H18ClF3N6S/c20-15-10-13(19(21,22)23)11-24-17(15)28-8-6-27(7-9-28)12-16-25-26-18(30)29(16)14-4-2-1-3-5-14/h1-5,10-11H,6-9,12H2,(H,26,30). The topological polar surface area (TPSA) is 53.0 Å². The molecule has 0 radical (unpaired) electrons. The number of aromatic nitrogens is 4. The minimum absolute atomic E-state index is 0.00300. The van der Waals surface area contributed by atoms with E-state index in [9.17, 15) is 13.2 Å². The zero-order valence-electron chi connectivity index (χ0n) is 15.7. The molecule has 1 aromatic carbocycles. The van der Waals surface area contributed by atoms with Crippen LogP contribution in [-0.2, 0) is 12.7 Å². The summed E-state index contributed by atoms with van der Waals surface area (Å²) in [6.45, 7) is 3.15. The Morgan fingerprint density at radius 3 is 2.43 bits per heavy atom. The molecular weight excluding hydrogens is 437 g/mol. The van der Waals surface area contributed by atoms with Crippen molar-refractivity contribution in [3.05, 3.63) is 63.8 Å². The van der Waals surface area contributed by atoms with Crippen LogP contribution in [0.4, 0.5) is 19.0 Å². The predicted molar refractivity (Wildman–Crippen MR) is 110 cm³/mol. The van der Waals surface area contributed by atoms with Gasteiger partial charge in [0.2, 0.25) is 0 Å². The molecule has 3 aromatic rings. The van der Waals surface area contributed by atoms with Crippen LogP contribution in [0.3, 0.4) is 0 Å². The highest BCUT2D eigenvalue weighted by molar-refractivity contribution is 7.71. The SMILES string of the molecule is FC(F)(F)c1cnc(N2CCN(Cc3n[nH]c(=S)n3-c3ccccc3)CC2)c(Cl)c1. The van der Waals surface area contributed by atoms with Gasteiger partial charge in [-0.05, 0) is 30.4 Å². The van der Waals surface area contributed by atoms with E-state index in [0.717, 1.165) is 23.8 Å². The fourth-order valence-electron chi connectivity index (χ4n) is 3.42. The Hall–Kier alpha value is -2.43. The second-order valence-electron chi connectivity index (χ2n) is 6.91. The molecule has 1 aliphatic heterocycles. The lowest BCUT2D eigenvalue weighted by Crippen LogP contribution is -2.46. The van der Waals surface area contributed by atoms with E-state index < -0.39 is 11.7 Å². The molecule has 0 aliphatic carbocycles. The van der Waals surface area contributed by atoms with E-state index >= 15 is 0 Å². The maximum Gasteiger partial charge on any atom is 0.417 e. The van der Waals surface area contributed by atoms with Crippen molar-refractivity contribution < 1.29 is 13.2 Å². The molecule has 2 aromatic heterocycles. The Morgan fingerprint density at radius 1 is 1.10 bits per heavy atom. The molecule has 1 N–H and O–H groups in total. The number of hydrogen-bond donors (Lipinski definition) is 1. The van der Waals surface area contributed by atoms with Crippen LogP contribution >= 0.6 is 23.8 Å². The highest BCUT2D eigenvalue weighted by Gasteiger charge is 2.32. The molecule has 30 heavy (non-hydrogen) atoms. The lowest BCUT2D eigenvalue weighted by molar-refractivity contribution is -0.137. The van der Waals surface area contributed by atoms with Crippen molar-refractivity contribution in [2.45, 2.75) is 12.7 Å². The first-order valence-corrected chi connectivity index (χ1v) is 10.0. The largest absolute Gasteiger partial charge is 0.417 e. The highest BCUT2D eigenvalue weighted by Crippen LogP contribution is 2.33. The number of alkyl halides is 3. The number of halogens is 4. The molecule has 0 bridgehead atoms. The fraction of sp³-hybridized carbons (Fsp3) is 0.316. The van der Waals surface area contributed by atoms with E-state index in [1.807, 2.05) is 39.8 Å². The Labute approximate surface area is 180 Å². The molecule has 3 heterocycles. The second-order valence-corrected chi connectivity index (χ2v) is 7.70. The van der Waals surface area contributed by atoms with E-state index in [4.69, 9.17) is 23.8 Å². The number of aromatic amines is 1. The quantitative estimate of drug-likeness (QED) is 0.595. The van der Waals surface area contributed by atoms with E-state index in [1.54, 1.807) is 0 Å². The summed E-state index contributed by atoms with van der Waals surface area (Å²) in [4.78, 5) is 8.06. The average Bonchev–Trinajstić information content (AvgIpc) is 3.08. The molecule has 1 aliphatic rings. The van der Waals surface area contributed by atoms with Gasteiger partial charge in [-0.25, -0.2) is 4.98 Å². The lowest BCUT2D eigenvalue weighted by atomic mass is 10.2.